The number of benzene rings is 2. The topological polar surface area (TPSA) is 67.9 Å². The van der Waals surface area contributed by atoms with Crippen LogP contribution in [0.25, 0.3) is 11.1 Å². The van der Waals surface area contributed by atoms with Crippen LogP contribution in [-0.4, -0.2) is 30.9 Å². The predicted octanol–water partition coefficient (Wildman–Crippen LogP) is 3.90. The lowest BCUT2D eigenvalue weighted by atomic mass is 9.86. The Morgan fingerprint density at radius 2 is 1.86 bits per heavy atom. The number of halogens is 1. The van der Waals surface area contributed by atoms with Crippen LogP contribution in [0.2, 0.25) is 0 Å². The first kappa shape index (κ1) is 19.1. The molecule has 1 unspecified atom stereocenters. The summed E-state index contributed by atoms with van der Waals surface area (Å²) in [5.41, 5.74) is 8.17. The van der Waals surface area contributed by atoms with Gasteiger partial charge in [0.1, 0.15) is 11.6 Å². The molecule has 4 rings (SSSR count). The third-order valence-electron chi connectivity index (χ3n) is 5.19. The van der Waals surface area contributed by atoms with Crippen molar-refractivity contribution in [3.05, 3.63) is 75.7 Å². The van der Waals surface area contributed by atoms with E-state index in [1.54, 1.807) is 26.3 Å². The van der Waals surface area contributed by atoms with Crippen molar-refractivity contribution < 1.29 is 13.9 Å². The number of ether oxygens (including phenoxy) is 1. The molecule has 148 valence electrons. The second kappa shape index (κ2) is 7.00. The fraction of sp³-hybridized carbons (Fsp3) is 0.182. The number of methoxy groups -OCH3 is 1. The summed E-state index contributed by atoms with van der Waals surface area (Å²) >= 11 is 1.43. The van der Waals surface area contributed by atoms with Crippen molar-refractivity contribution >= 4 is 23.2 Å². The molecule has 1 aromatic heterocycles. The van der Waals surface area contributed by atoms with Gasteiger partial charge in [-0.1, -0.05) is 18.2 Å². The number of hydrogen-bond acceptors (Lipinski definition) is 5. The first-order valence-corrected chi connectivity index (χ1v) is 9.88. The van der Waals surface area contributed by atoms with Crippen LogP contribution in [0.1, 0.15) is 16.0 Å². The highest BCUT2D eigenvalue weighted by Gasteiger charge is 2.50. The summed E-state index contributed by atoms with van der Waals surface area (Å²) in [6, 6.07) is 13.8. The molecule has 29 heavy (non-hydrogen) atoms. The zero-order chi connectivity index (χ0) is 20.8. The lowest BCUT2D eigenvalue weighted by Gasteiger charge is -2.25. The Hall–Kier alpha value is -3.19. The van der Waals surface area contributed by atoms with Gasteiger partial charge in [0.05, 0.1) is 7.11 Å². The molecule has 1 aliphatic heterocycles. The molecule has 2 heterocycles. The van der Waals surface area contributed by atoms with Gasteiger partial charge in [-0.2, -0.15) is 0 Å². The van der Waals surface area contributed by atoms with Gasteiger partial charge in [0.25, 0.3) is 5.91 Å². The molecule has 1 atom stereocenters. The third-order valence-corrected chi connectivity index (χ3v) is 6.23. The highest BCUT2D eigenvalue weighted by molar-refractivity contribution is 7.10. The van der Waals surface area contributed by atoms with Crippen LogP contribution in [0.5, 0.6) is 5.75 Å². The Kier molecular flexibility index (Phi) is 4.62. The van der Waals surface area contributed by atoms with Crippen LogP contribution in [0.3, 0.4) is 0 Å². The summed E-state index contributed by atoms with van der Waals surface area (Å²) in [5.74, 6) is 0.393. The van der Waals surface area contributed by atoms with Crippen molar-refractivity contribution in [2.75, 3.05) is 14.2 Å². The van der Waals surface area contributed by atoms with E-state index >= 15 is 0 Å². The minimum atomic E-state index is -1.25. The molecule has 7 heteroatoms. The molecule has 0 saturated heterocycles. The van der Waals surface area contributed by atoms with Crippen LogP contribution in [0.4, 0.5) is 4.39 Å². The number of carbonyl (C=O) groups excluding carboxylic acids is 1. The zero-order valence-electron chi connectivity index (χ0n) is 16.3. The summed E-state index contributed by atoms with van der Waals surface area (Å²) in [5, 5.41) is 1.94. The van der Waals surface area contributed by atoms with Gasteiger partial charge in [-0.05, 0) is 64.9 Å². The number of hydrogen-bond donors (Lipinski definition) is 1. The molecule has 0 fully saturated rings. The van der Waals surface area contributed by atoms with Crippen molar-refractivity contribution in [2.45, 2.75) is 12.5 Å². The van der Waals surface area contributed by atoms with Gasteiger partial charge >= 0.3 is 0 Å². The lowest BCUT2D eigenvalue weighted by Crippen LogP contribution is -2.40. The van der Waals surface area contributed by atoms with Crippen molar-refractivity contribution in [2.24, 2.45) is 10.7 Å². The van der Waals surface area contributed by atoms with Crippen molar-refractivity contribution in [1.82, 2.24) is 4.90 Å². The summed E-state index contributed by atoms with van der Waals surface area (Å²) in [6.45, 7) is 1.92. The predicted molar refractivity (Wildman–Crippen MR) is 113 cm³/mol. The van der Waals surface area contributed by atoms with Crippen LogP contribution in [0, 0.1) is 12.7 Å². The molecular weight excluding hydrogens is 389 g/mol. The van der Waals surface area contributed by atoms with E-state index in [1.165, 1.54) is 28.4 Å². The molecule has 0 spiro atoms. The van der Waals surface area contributed by atoms with E-state index < -0.39 is 5.54 Å². The summed E-state index contributed by atoms with van der Waals surface area (Å²) in [4.78, 5) is 20.1. The van der Waals surface area contributed by atoms with E-state index in [-0.39, 0.29) is 17.7 Å². The fourth-order valence-electron chi connectivity index (χ4n) is 3.56. The average molecular weight is 409 g/mol. The van der Waals surface area contributed by atoms with Gasteiger partial charge in [0.15, 0.2) is 5.96 Å². The van der Waals surface area contributed by atoms with Gasteiger partial charge in [0, 0.05) is 11.9 Å². The minimum Gasteiger partial charge on any atom is -0.496 e. The summed E-state index contributed by atoms with van der Waals surface area (Å²) < 4.78 is 18.6. The maximum absolute atomic E-state index is 13.4. The van der Waals surface area contributed by atoms with E-state index in [1.807, 2.05) is 36.6 Å². The van der Waals surface area contributed by atoms with E-state index in [0.29, 0.717) is 0 Å². The molecule has 0 bridgehead atoms. The number of guanidine groups is 1. The number of nitrogens with zero attached hydrogens (tertiary/aromatic N) is 2. The van der Waals surface area contributed by atoms with E-state index in [0.717, 1.165) is 32.9 Å². The van der Waals surface area contributed by atoms with Crippen LogP contribution >= 0.6 is 11.3 Å². The molecule has 5 nitrogen and oxygen atoms in total. The first-order chi connectivity index (χ1) is 13.9. The largest absolute Gasteiger partial charge is 0.496 e. The Morgan fingerprint density at radius 1 is 1.14 bits per heavy atom. The second-order valence-corrected chi connectivity index (χ2v) is 7.85. The molecule has 0 aliphatic carbocycles. The number of thiophene rings is 1. The van der Waals surface area contributed by atoms with Crippen LogP contribution < -0.4 is 10.5 Å². The van der Waals surface area contributed by atoms with Gasteiger partial charge in [0.2, 0.25) is 5.54 Å². The van der Waals surface area contributed by atoms with Crippen LogP contribution in [0.15, 0.2) is 58.9 Å². The minimum absolute atomic E-state index is 0.167. The standard InChI is InChI=1S/C22H20FN3O2S/c1-13-10-16(6-9-18(13)28-3)22(20(27)26(2)21(24)25-22)19-11-15(12-29-19)14-4-7-17(23)8-5-14/h4-12H,1-3H3,(H2,24,25). The van der Waals surface area contributed by atoms with Crippen LogP contribution in [-0.2, 0) is 10.3 Å². The SMILES string of the molecule is COc1ccc(C2(c3cc(-c4ccc(F)cc4)cs3)N=C(N)N(C)C2=O)cc1C. The monoisotopic (exact) mass is 409 g/mol. The molecule has 2 N–H and O–H groups in total. The quantitative estimate of drug-likeness (QED) is 0.711. The Morgan fingerprint density at radius 3 is 2.45 bits per heavy atom. The number of carbonyl (C=O) groups is 1. The summed E-state index contributed by atoms with van der Waals surface area (Å²) in [7, 11) is 3.23. The smallest absolute Gasteiger partial charge is 0.267 e. The summed E-state index contributed by atoms with van der Waals surface area (Å²) in [6.07, 6.45) is 0. The fourth-order valence-corrected chi connectivity index (χ4v) is 4.63. The number of aryl methyl sites for hydroxylation is 1. The van der Waals surface area contributed by atoms with Gasteiger partial charge in [-0.15, -0.1) is 11.3 Å². The molecule has 3 aromatic rings. The van der Waals surface area contributed by atoms with Gasteiger partial charge in [-0.25, -0.2) is 9.38 Å². The van der Waals surface area contributed by atoms with Crippen molar-refractivity contribution in [1.29, 1.82) is 0 Å². The first-order valence-electron chi connectivity index (χ1n) is 9.00. The number of amides is 1. The number of aliphatic imine (C=N–C) groups is 1. The molecular formula is C22H20FN3O2S. The molecule has 1 amide bonds. The molecule has 0 radical (unpaired) electrons. The molecule has 1 aliphatic rings. The number of nitrogens with two attached hydrogens (primary N) is 1. The normalized spacial score (nSPS) is 18.8. The highest BCUT2D eigenvalue weighted by Crippen LogP contribution is 2.44. The molecule has 2 aromatic carbocycles. The molecule has 0 saturated carbocycles. The average Bonchev–Trinajstić information content (AvgIpc) is 3.29. The lowest BCUT2D eigenvalue weighted by molar-refractivity contribution is -0.129. The number of rotatable bonds is 4. The Labute approximate surface area is 172 Å². The number of likely N-dealkylation sites (N-methyl/N-ethyl adjacent to an activating group) is 1. The van der Waals surface area contributed by atoms with Crippen molar-refractivity contribution in [3.8, 4) is 16.9 Å². The zero-order valence-corrected chi connectivity index (χ0v) is 17.1. The van der Waals surface area contributed by atoms with Gasteiger partial charge in [-0.3, -0.25) is 9.69 Å². The van der Waals surface area contributed by atoms with Gasteiger partial charge < -0.3 is 10.5 Å². The maximum Gasteiger partial charge on any atom is 0.267 e. The third kappa shape index (κ3) is 2.98. The maximum atomic E-state index is 13.4. The van der Waals surface area contributed by atoms with Crippen molar-refractivity contribution in [3.63, 3.8) is 0 Å². The Balaban J connectivity index is 1.88. The Bertz CT molecular complexity index is 1120. The van der Waals surface area contributed by atoms with E-state index in [9.17, 15) is 9.18 Å². The van der Waals surface area contributed by atoms with E-state index in [2.05, 4.69) is 4.99 Å². The highest BCUT2D eigenvalue weighted by atomic mass is 32.1. The van der Waals surface area contributed by atoms with E-state index in [4.69, 9.17) is 10.5 Å². The second-order valence-electron chi connectivity index (χ2n) is 6.94.